The van der Waals surface area contributed by atoms with Crippen molar-refractivity contribution in [1.29, 1.82) is 0 Å². The Balaban J connectivity index is 1.27. The molecule has 36 heavy (non-hydrogen) atoms. The van der Waals surface area contributed by atoms with Gasteiger partial charge in [0.15, 0.2) is 0 Å². The van der Waals surface area contributed by atoms with Crippen LogP contribution in [-0.4, -0.2) is 54.4 Å². The van der Waals surface area contributed by atoms with Crippen LogP contribution in [0.2, 0.25) is 0 Å². The van der Waals surface area contributed by atoms with Crippen molar-refractivity contribution >= 4 is 32.9 Å². The number of rotatable bonds is 9. The molecule has 4 N–H and O–H groups in total. The fraction of sp³-hybridized carbons (Fsp3) is 0.417. The Bertz CT molecular complexity index is 1400. The highest BCUT2D eigenvalue weighted by Crippen LogP contribution is 2.29. The van der Waals surface area contributed by atoms with Gasteiger partial charge in [-0.25, -0.2) is 17.2 Å². The van der Waals surface area contributed by atoms with Gasteiger partial charge in [-0.15, -0.1) is 0 Å². The molecule has 12 heteroatoms. The van der Waals surface area contributed by atoms with Crippen LogP contribution in [0.5, 0.6) is 5.75 Å². The Labute approximate surface area is 213 Å². The third-order valence-corrected chi connectivity index (χ3v) is 7.72. The lowest BCUT2D eigenvalue weighted by Gasteiger charge is -2.34. The molecule has 0 radical (unpaired) electrons. The molecule has 0 bridgehead atoms. The molecule has 4 rings (SSSR count). The van der Waals surface area contributed by atoms with Crippen molar-refractivity contribution in [2.45, 2.75) is 38.3 Å². The smallest absolute Gasteiger partial charge is 0.338 e. The predicted octanol–water partition coefficient (Wildman–Crippen LogP) is 2.09. The number of phenolic OH excluding ortho intramolecular Hbond substituents is 1. The maximum atomic E-state index is 11.7. The summed E-state index contributed by atoms with van der Waals surface area (Å²) in [4.78, 5) is 27.3. The molecular weight excluding hydrogens is 502 g/mol. The van der Waals surface area contributed by atoms with E-state index in [0.717, 1.165) is 67.1 Å². The lowest BCUT2D eigenvalue weighted by Crippen LogP contribution is -2.43. The largest absolute Gasteiger partial charge is 0.506 e. The van der Waals surface area contributed by atoms with E-state index in [2.05, 4.69) is 39.0 Å². The van der Waals surface area contributed by atoms with E-state index in [1.807, 2.05) is 18.2 Å². The molecule has 0 spiro atoms. The van der Waals surface area contributed by atoms with Gasteiger partial charge in [0.25, 0.3) is 0 Å². The van der Waals surface area contributed by atoms with Gasteiger partial charge in [-0.05, 0) is 54.2 Å². The molecule has 0 amide bonds. The Morgan fingerprint density at radius 2 is 1.83 bits per heavy atom. The number of aromatic amines is 1. The Kier molecular flexibility index (Phi) is 7.86. The summed E-state index contributed by atoms with van der Waals surface area (Å²) in [6.07, 6.45) is 3.05. The SMILES string of the molecule is C[C@@H](CNC1CCN(c2ccc(Cn3sc(=O)[nH]c3=O)cc2)CC1)c1ccc(O)c(NS(C)(=O)=O)c1. The lowest BCUT2D eigenvalue weighted by molar-refractivity contribution is 0.406. The van der Waals surface area contributed by atoms with Gasteiger partial charge in [0.2, 0.25) is 10.0 Å². The second-order valence-electron chi connectivity index (χ2n) is 9.23. The molecule has 3 aromatic rings. The maximum absolute atomic E-state index is 11.7. The topological polar surface area (TPSA) is 137 Å². The molecule has 1 aliphatic heterocycles. The van der Waals surface area contributed by atoms with Crippen molar-refractivity contribution < 1.29 is 13.5 Å². The van der Waals surface area contributed by atoms with Crippen LogP contribution < -0.4 is 25.5 Å². The highest BCUT2D eigenvalue weighted by molar-refractivity contribution is 7.92. The number of hydrogen-bond donors (Lipinski definition) is 4. The summed E-state index contributed by atoms with van der Waals surface area (Å²) < 4.78 is 26.8. The molecule has 1 saturated heterocycles. The van der Waals surface area contributed by atoms with Crippen LogP contribution in [0.3, 0.4) is 0 Å². The van der Waals surface area contributed by atoms with E-state index < -0.39 is 10.0 Å². The van der Waals surface area contributed by atoms with Gasteiger partial charge in [0.1, 0.15) is 5.75 Å². The van der Waals surface area contributed by atoms with Gasteiger partial charge in [-0.2, -0.15) is 0 Å². The van der Waals surface area contributed by atoms with Crippen LogP contribution in [0.25, 0.3) is 0 Å². The summed E-state index contributed by atoms with van der Waals surface area (Å²) in [5, 5.41) is 13.6. The van der Waals surface area contributed by atoms with Crippen LogP contribution in [0, 0.1) is 0 Å². The molecule has 0 saturated carbocycles. The third-order valence-electron chi connectivity index (χ3n) is 6.35. The quantitative estimate of drug-likeness (QED) is 0.309. The third kappa shape index (κ3) is 6.77. The van der Waals surface area contributed by atoms with Gasteiger partial charge in [0.05, 0.1) is 18.5 Å². The van der Waals surface area contributed by atoms with Crippen LogP contribution in [0.4, 0.5) is 11.4 Å². The summed E-state index contributed by atoms with van der Waals surface area (Å²) in [6.45, 7) is 5.03. The highest BCUT2D eigenvalue weighted by Gasteiger charge is 2.20. The average Bonchev–Trinajstić information content (AvgIpc) is 3.15. The van der Waals surface area contributed by atoms with E-state index >= 15 is 0 Å². The zero-order valence-electron chi connectivity index (χ0n) is 20.2. The van der Waals surface area contributed by atoms with Crippen molar-refractivity contribution in [3.8, 4) is 5.75 Å². The molecule has 194 valence electrons. The molecule has 0 unspecified atom stereocenters. The van der Waals surface area contributed by atoms with E-state index in [-0.39, 0.29) is 27.9 Å². The monoisotopic (exact) mass is 533 g/mol. The fourth-order valence-corrected chi connectivity index (χ4v) is 5.58. The Morgan fingerprint density at radius 1 is 1.14 bits per heavy atom. The number of benzene rings is 2. The van der Waals surface area contributed by atoms with Crippen molar-refractivity contribution in [3.63, 3.8) is 0 Å². The Morgan fingerprint density at radius 3 is 2.44 bits per heavy atom. The summed E-state index contributed by atoms with van der Waals surface area (Å²) in [7, 11) is -3.47. The number of aromatic hydroxyl groups is 1. The molecule has 10 nitrogen and oxygen atoms in total. The molecule has 1 fully saturated rings. The van der Waals surface area contributed by atoms with Crippen LogP contribution >= 0.6 is 11.5 Å². The van der Waals surface area contributed by atoms with Crippen molar-refractivity contribution in [3.05, 3.63) is 73.7 Å². The molecule has 2 aromatic carbocycles. The second kappa shape index (κ2) is 10.9. The first-order valence-corrected chi connectivity index (χ1v) is 14.4. The van der Waals surface area contributed by atoms with E-state index in [0.29, 0.717) is 12.6 Å². The molecule has 1 aromatic heterocycles. The number of H-pyrrole nitrogens is 1. The zero-order chi connectivity index (χ0) is 25.9. The minimum atomic E-state index is -3.47. The van der Waals surface area contributed by atoms with Crippen LogP contribution in [-0.2, 0) is 16.6 Å². The summed E-state index contributed by atoms with van der Waals surface area (Å²) in [5.41, 5.74) is 2.85. The second-order valence-corrected chi connectivity index (χ2v) is 12.0. The maximum Gasteiger partial charge on any atom is 0.338 e. The number of piperidine rings is 1. The Hall–Kier alpha value is -3.09. The van der Waals surface area contributed by atoms with Gasteiger partial charge in [-0.1, -0.05) is 25.1 Å². The van der Waals surface area contributed by atoms with E-state index in [4.69, 9.17) is 0 Å². The number of hydrogen-bond acceptors (Lipinski definition) is 8. The first-order valence-electron chi connectivity index (χ1n) is 11.8. The number of nitrogens with zero attached hydrogens (tertiary/aromatic N) is 2. The number of sulfonamides is 1. The van der Waals surface area contributed by atoms with Crippen molar-refractivity contribution in [2.24, 2.45) is 0 Å². The summed E-state index contributed by atoms with van der Waals surface area (Å²) >= 11 is 0.887. The van der Waals surface area contributed by atoms with Gasteiger partial charge < -0.3 is 15.3 Å². The molecule has 0 aliphatic carbocycles. The fourth-order valence-electron chi connectivity index (χ4n) is 4.34. The molecule has 1 aliphatic rings. The van der Waals surface area contributed by atoms with E-state index in [9.17, 15) is 23.1 Å². The van der Waals surface area contributed by atoms with Gasteiger partial charge >= 0.3 is 10.6 Å². The lowest BCUT2D eigenvalue weighted by atomic mass is 9.98. The van der Waals surface area contributed by atoms with E-state index in [1.165, 1.54) is 10.0 Å². The first-order chi connectivity index (χ1) is 17.1. The standard InChI is InChI=1S/C24H31N5O5S2/c1-16(18-5-8-22(30)21(13-18)27-36(2,33)34)14-25-19-9-11-28(12-10-19)20-6-3-17(4-7-20)15-29-23(31)26-24(32)35-29/h3-8,13,16,19,25,27,30H,9-12,14-15H2,1-2H3,(H,26,31,32)/t16-/m0/s1. The highest BCUT2D eigenvalue weighted by atomic mass is 32.2. The van der Waals surface area contributed by atoms with Gasteiger partial charge in [-0.3, -0.25) is 14.5 Å². The average molecular weight is 534 g/mol. The molecular formula is C24H31N5O5S2. The number of aromatic nitrogens is 2. The predicted molar refractivity (Wildman–Crippen MR) is 143 cm³/mol. The number of nitrogens with one attached hydrogen (secondary N) is 3. The van der Waals surface area contributed by atoms with Crippen LogP contribution in [0.1, 0.15) is 36.8 Å². The summed E-state index contributed by atoms with van der Waals surface area (Å²) in [5.74, 6) is 0.0442. The van der Waals surface area contributed by atoms with Crippen molar-refractivity contribution in [2.75, 3.05) is 35.5 Å². The number of phenols is 1. The van der Waals surface area contributed by atoms with Crippen molar-refractivity contribution in [1.82, 2.24) is 14.3 Å². The zero-order valence-corrected chi connectivity index (χ0v) is 21.9. The first kappa shape index (κ1) is 26.0. The number of anilines is 2. The molecule has 1 atom stereocenters. The van der Waals surface area contributed by atoms with Gasteiger partial charge in [0, 0.05) is 42.9 Å². The molecule has 2 heterocycles. The summed E-state index contributed by atoms with van der Waals surface area (Å²) in [6, 6.07) is 13.5. The minimum Gasteiger partial charge on any atom is -0.506 e. The van der Waals surface area contributed by atoms with E-state index in [1.54, 1.807) is 6.07 Å². The normalized spacial score (nSPS) is 15.7. The van der Waals surface area contributed by atoms with Crippen LogP contribution in [0.15, 0.2) is 52.1 Å². The minimum absolute atomic E-state index is 0.0970.